The van der Waals surface area contributed by atoms with E-state index >= 15 is 0 Å². The minimum absolute atomic E-state index is 0.308. The number of esters is 1. The van der Waals surface area contributed by atoms with Crippen molar-refractivity contribution >= 4 is 11.7 Å². The average Bonchev–Trinajstić information content (AvgIpc) is 2.81. The van der Waals surface area contributed by atoms with Crippen molar-refractivity contribution < 1.29 is 14.3 Å². The van der Waals surface area contributed by atoms with E-state index in [2.05, 4.69) is 52.8 Å². The number of rotatable bonds is 7. The molecule has 4 rings (SSSR count). The molecule has 0 amide bonds. The summed E-state index contributed by atoms with van der Waals surface area (Å²) in [5.74, 6) is 0.913. The van der Waals surface area contributed by atoms with Gasteiger partial charge in [0.2, 0.25) is 0 Å². The largest absolute Gasteiger partial charge is 0.493 e. The van der Waals surface area contributed by atoms with E-state index in [9.17, 15) is 4.79 Å². The second-order valence-corrected chi connectivity index (χ2v) is 7.49. The van der Waals surface area contributed by atoms with Gasteiger partial charge in [0.1, 0.15) is 5.75 Å². The van der Waals surface area contributed by atoms with E-state index in [1.807, 2.05) is 6.07 Å². The predicted octanol–water partition coefficient (Wildman–Crippen LogP) is 4.63. The molecule has 0 unspecified atom stereocenters. The number of aryl methyl sites for hydroxylation is 2. The smallest absolute Gasteiger partial charge is 0.340 e. The minimum Gasteiger partial charge on any atom is -0.493 e. The molecule has 0 bridgehead atoms. The van der Waals surface area contributed by atoms with Gasteiger partial charge < -0.3 is 14.8 Å². The van der Waals surface area contributed by atoms with Crippen LogP contribution in [0.5, 0.6) is 5.75 Å². The summed E-state index contributed by atoms with van der Waals surface area (Å²) in [6.07, 6.45) is 6.19. The average molecular weight is 402 g/mol. The van der Waals surface area contributed by atoms with E-state index in [1.165, 1.54) is 23.8 Å². The van der Waals surface area contributed by atoms with Crippen LogP contribution in [-0.2, 0) is 17.6 Å². The quantitative estimate of drug-likeness (QED) is 0.584. The third-order valence-corrected chi connectivity index (χ3v) is 5.55. The zero-order valence-corrected chi connectivity index (χ0v) is 17.1. The summed E-state index contributed by atoms with van der Waals surface area (Å²) in [7, 11) is 1.39. The highest BCUT2D eigenvalue weighted by atomic mass is 16.5. The van der Waals surface area contributed by atoms with Crippen LogP contribution in [0.3, 0.4) is 0 Å². The van der Waals surface area contributed by atoms with Gasteiger partial charge in [0.15, 0.2) is 0 Å². The van der Waals surface area contributed by atoms with Crippen molar-refractivity contribution in [2.75, 3.05) is 25.6 Å². The summed E-state index contributed by atoms with van der Waals surface area (Å²) in [6, 6.07) is 18.8. The van der Waals surface area contributed by atoms with E-state index in [-0.39, 0.29) is 5.97 Å². The van der Waals surface area contributed by atoms with Crippen molar-refractivity contribution in [1.29, 1.82) is 0 Å². The highest BCUT2D eigenvalue weighted by Crippen LogP contribution is 2.35. The van der Waals surface area contributed by atoms with E-state index in [0.29, 0.717) is 30.3 Å². The third kappa shape index (κ3) is 4.62. The van der Waals surface area contributed by atoms with E-state index in [0.717, 1.165) is 25.0 Å². The molecule has 0 radical (unpaired) electrons. The zero-order valence-electron chi connectivity index (χ0n) is 17.1. The summed E-state index contributed by atoms with van der Waals surface area (Å²) in [5, 5.41) is 3.38. The van der Waals surface area contributed by atoms with Gasteiger partial charge in [-0.15, -0.1) is 0 Å². The van der Waals surface area contributed by atoms with Gasteiger partial charge in [0.05, 0.1) is 31.2 Å². The number of carbonyl (C=O) groups excluding carboxylic acids is 1. The van der Waals surface area contributed by atoms with Crippen LogP contribution < -0.4 is 10.1 Å². The number of ether oxygens (including phenoxy) is 2. The number of benzene rings is 2. The number of nitrogens with one attached hydrogen (secondary N) is 1. The van der Waals surface area contributed by atoms with Crippen molar-refractivity contribution in [3.63, 3.8) is 0 Å². The van der Waals surface area contributed by atoms with Gasteiger partial charge in [-0.3, -0.25) is 4.98 Å². The van der Waals surface area contributed by atoms with E-state index in [1.54, 1.807) is 18.5 Å². The van der Waals surface area contributed by atoms with Crippen molar-refractivity contribution in [2.24, 2.45) is 0 Å². The Labute approximate surface area is 177 Å². The molecule has 30 heavy (non-hydrogen) atoms. The van der Waals surface area contributed by atoms with Gasteiger partial charge in [-0.2, -0.15) is 0 Å². The lowest BCUT2D eigenvalue weighted by Crippen LogP contribution is -2.22. The number of nitrogens with zero attached hydrogens (tertiary/aromatic N) is 1. The summed E-state index contributed by atoms with van der Waals surface area (Å²) in [6.45, 7) is 1.40. The maximum atomic E-state index is 12.0. The highest BCUT2D eigenvalue weighted by molar-refractivity contribution is 5.95. The van der Waals surface area contributed by atoms with Crippen molar-refractivity contribution in [3.8, 4) is 5.75 Å². The lowest BCUT2D eigenvalue weighted by atomic mass is 9.91. The summed E-state index contributed by atoms with van der Waals surface area (Å²) in [4.78, 5) is 16.1. The molecule has 154 valence electrons. The fourth-order valence-electron chi connectivity index (χ4n) is 3.87. The minimum atomic E-state index is -0.365. The summed E-state index contributed by atoms with van der Waals surface area (Å²) in [5.41, 5.74) is 5.02. The third-order valence-electron chi connectivity index (χ3n) is 5.55. The van der Waals surface area contributed by atoms with Gasteiger partial charge in [0.25, 0.3) is 0 Å². The molecule has 1 aliphatic rings. The molecule has 1 aliphatic heterocycles. The van der Waals surface area contributed by atoms with E-state index in [4.69, 9.17) is 9.47 Å². The molecule has 5 nitrogen and oxygen atoms in total. The first kappa shape index (κ1) is 20.0. The molecule has 3 aromatic rings. The van der Waals surface area contributed by atoms with Crippen molar-refractivity contribution in [3.05, 3.63) is 89.2 Å². The normalized spacial score (nSPS) is 15.0. The van der Waals surface area contributed by atoms with Crippen LogP contribution in [0, 0.1) is 0 Å². The maximum Gasteiger partial charge on any atom is 0.340 e. The lowest BCUT2D eigenvalue weighted by Gasteiger charge is -2.27. The standard InChI is InChI=1S/C25H26N2O3/c1-29-25(28)22-11-13-26-17-23(22)27-16-20-12-14-30-24-15-19(9-10-21(20)24)8-7-18-5-3-2-4-6-18/h2-6,9-11,13,15,17,20,27H,7-8,12,14,16H2,1H3/t20-/m0/s1. The fourth-order valence-corrected chi connectivity index (χ4v) is 3.87. The lowest BCUT2D eigenvalue weighted by molar-refractivity contribution is 0.0601. The number of hydrogen-bond donors (Lipinski definition) is 1. The second kappa shape index (κ2) is 9.44. The Morgan fingerprint density at radius 3 is 2.80 bits per heavy atom. The van der Waals surface area contributed by atoms with Gasteiger partial charge in [-0.05, 0) is 48.1 Å². The van der Waals surface area contributed by atoms with Gasteiger partial charge in [-0.1, -0.05) is 42.5 Å². The first-order chi connectivity index (χ1) is 14.7. The molecule has 0 fully saturated rings. The molecule has 0 spiro atoms. The molecule has 5 heteroatoms. The Morgan fingerprint density at radius 2 is 1.97 bits per heavy atom. The van der Waals surface area contributed by atoms with Crippen LogP contribution in [0.15, 0.2) is 67.0 Å². The maximum absolute atomic E-state index is 12.0. The number of aromatic nitrogens is 1. The second-order valence-electron chi connectivity index (χ2n) is 7.49. The molecular formula is C25H26N2O3. The zero-order chi connectivity index (χ0) is 20.8. The van der Waals surface area contributed by atoms with Crippen LogP contribution in [0.4, 0.5) is 5.69 Å². The SMILES string of the molecule is COC(=O)c1ccncc1NC[C@@H]1CCOc2cc(CCc3ccccc3)ccc21. The Bertz CT molecular complexity index is 1000. The molecule has 0 aliphatic carbocycles. The predicted molar refractivity (Wildman–Crippen MR) is 117 cm³/mol. The Morgan fingerprint density at radius 1 is 1.13 bits per heavy atom. The number of methoxy groups -OCH3 is 1. The number of pyridine rings is 1. The van der Waals surface area contributed by atoms with Crippen LogP contribution in [0.2, 0.25) is 0 Å². The molecule has 1 atom stereocenters. The summed E-state index contributed by atoms with van der Waals surface area (Å²) < 4.78 is 10.8. The monoisotopic (exact) mass is 402 g/mol. The van der Waals surface area contributed by atoms with E-state index < -0.39 is 0 Å². The summed E-state index contributed by atoms with van der Waals surface area (Å²) >= 11 is 0. The van der Waals surface area contributed by atoms with Crippen LogP contribution in [0.1, 0.15) is 39.4 Å². The fraction of sp³-hybridized carbons (Fsp3) is 0.280. The topological polar surface area (TPSA) is 60.5 Å². The number of carbonyl (C=O) groups is 1. The first-order valence-electron chi connectivity index (χ1n) is 10.3. The Balaban J connectivity index is 1.43. The molecule has 0 saturated carbocycles. The van der Waals surface area contributed by atoms with Crippen molar-refractivity contribution in [2.45, 2.75) is 25.2 Å². The van der Waals surface area contributed by atoms with Crippen LogP contribution in [0.25, 0.3) is 0 Å². The number of hydrogen-bond acceptors (Lipinski definition) is 5. The molecule has 2 heterocycles. The highest BCUT2D eigenvalue weighted by Gasteiger charge is 2.22. The molecular weight excluding hydrogens is 376 g/mol. The Kier molecular flexibility index (Phi) is 6.28. The first-order valence-corrected chi connectivity index (χ1v) is 10.3. The number of anilines is 1. The molecule has 1 N–H and O–H groups in total. The number of fused-ring (bicyclic) bond motifs is 1. The molecule has 0 saturated heterocycles. The van der Waals surface area contributed by atoms with Crippen molar-refractivity contribution in [1.82, 2.24) is 4.98 Å². The van der Waals surface area contributed by atoms with Gasteiger partial charge in [0, 0.05) is 18.7 Å². The van der Waals surface area contributed by atoms with Crippen LogP contribution in [-0.4, -0.2) is 31.2 Å². The van der Waals surface area contributed by atoms with Crippen LogP contribution >= 0.6 is 0 Å². The Hall–Kier alpha value is -3.34. The van der Waals surface area contributed by atoms with Gasteiger partial charge in [-0.25, -0.2) is 4.79 Å². The molecule has 2 aromatic carbocycles. The molecule has 1 aromatic heterocycles. The van der Waals surface area contributed by atoms with Gasteiger partial charge >= 0.3 is 5.97 Å².